The Labute approximate surface area is 333 Å². The Bertz CT molecular complexity index is 1860. The molecule has 1 aliphatic rings. The fourth-order valence-corrected chi connectivity index (χ4v) is 11.3. The monoisotopic (exact) mass is 861 g/mol. The van der Waals surface area contributed by atoms with E-state index in [1.54, 1.807) is 0 Å². The summed E-state index contributed by atoms with van der Waals surface area (Å²) < 4.78 is 6.00. The molecule has 7 aromatic rings. The zero-order valence-corrected chi connectivity index (χ0v) is 35.1. The first-order valence-electron chi connectivity index (χ1n) is 17.6. The number of rotatable bonds is 8. The fraction of sp³-hybridized carbons (Fsp3) is 0.109. The zero-order chi connectivity index (χ0) is 37.1. The second-order valence-electron chi connectivity index (χ2n) is 12.5. The molecule has 7 heteroatoms. The minimum absolute atomic E-state index is 0.261. The zero-order valence-electron chi connectivity index (χ0n) is 29.9. The Balaban J connectivity index is 0.000000174. The maximum absolute atomic E-state index is 6.00. The van der Waals surface area contributed by atoms with Gasteiger partial charge in [0.1, 0.15) is 21.8 Å². The van der Waals surface area contributed by atoms with Crippen molar-refractivity contribution in [3.05, 3.63) is 206 Å². The Kier molecular flexibility index (Phi) is 17.2. The molecule has 0 bridgehead atoms. The molecule has 0 aliphatic carbocycles. The van der Waals surface area contributed by atoms with Crippen LogP contribution in [0.4, 0.5) is 0 Å². The predicted molar refractivity (Wildman–Crippen MR) is 234 cm³/mol. The van der Waals surface area contributed by atoms with Gasteiger partial charge in [0.05, 0.1) is 39.1 Å². The standard InChI is InChI=1S/C23H24NOP.C18H15P.C5H5.2ClH.Ru/c1-17(2)21-16-25-23(24-21)20-14-9-15-22(20)26(18-10-5-3-6-11-18)19-12-7-4-8-13-19;1-4-10-16(11-5-1)19(17-12-6-2-7-13-17)18-14-8-3-9-15-18;1-2-4-5-3-1;;;/h3-15,17,21,26H,16H2,1-2H3;1-15H;1-5H;2*1H;/q;;-1;;;+2/p-1/t21-;;;;;/m0...../s1. The number of aliphatic imine (C=N–C) groups is 1. The molecule has 8 rings (SSSR count). The van der Waals surface area contributed by atoms with Crippen molar-refractivity contribution in [2.24, 2.45) is 10.9 Å². The summed E-state index contributed by atoms with van der Waals surface area (Å²) in [6.07, 6.45) is 0. The average Bonchev–Trinajstić information content (AvgIpc) is 4.03. The summed E-state index contributed by atoms with van der Waals surface area (Å²) in [5.74, 6) is 1.32. The first kappa shape index (κ1) is 40.5. The van der Waals surface area contributed by atoms with Gasteiger partial charge in [-0.1, -0.05) is 110 Å². The van der Waals surface area contributed by atoms with Crippen molar-refractivity contribution in [2.75, 3.05) is 6.61 Å². The number of hydrogen-bond acceptors (Lipinski definition) is 2. The van der Waals surface area contributed by atoms with Crippen molar-refractivity contribution in [3.63, 3.8) is 0 Å². The summed E-state index contributed by atoms with van der Waals surface area (Å²) >= 11 is -0.346. The fourth-order valence-electron chi connectivity index (χ4n) is 6.03. The van der Waals surface area contributed by atoms with Crippen molar-refractivity contribution < 1.29 is 19.9 Å². The van der Waals surface area contributed by atoms with E-state index in [1.165, 1.54) is 31.8 Å². The molecule has 1 heterocycles. The molecule has 0 aromatic heterocycles. The number of benzene rings is 5. The van der Waals surface area contributed by atoms with Crippen molar-refractivity contribution >= 4 is 73.0 Å². The number of halogens is 2. The maximum Gasteiger partial charge on any atom is 0.102 e. The van der Waals surface area contributed by atoms with Gasteiger partial charge in [0.25, 0.3) is 0 Å². The number of hydrogen-bond donors (Lipinski definition) is 0. The summed E-state index contributed by atoms with van der Waals surface area (Å²) in [5.41, 5.74) is 1.16. The average molecular weight is 862 g/mol. The maximum atomic E-state index is 6.00. The Hall–Kier alpha value is -3.67. The topological polar surface area (TPSA) is 21.6 Å². The van der Waals surface area contributed by atoms with Gasteiger partial charge in [-0.05, 0) is 66.6 Å². The minimum Gasteiger partial charge on any atom is -0.214 e. The molecule has 0 amide bonds. The molecule has 1 atom stereocenters. The smallest absolute Gasteiger partial charge is 0.102 e. The van der Waals surface area contributed by atoms with Crippen LogP contribution in [0, 0.1) is 5.92 Å². The van der Waals surface area contributed by atoms with Crippen LogP contribution in [-0.4, -0.2) is 18.5 Å². The van der Waals surface area contributed by atoms with Gasteiger partial charge in [-0.25, -0.2) is 12.1 Å². The summed E-state index contributed by atoms with van der Waals surface area (Å²) in [4.78, 5) is 4.87. The molecule has 0 radical (unpaired) electrons. The summed E-state index contributed by atoms with van der Waals surface area (Å²) in [5, 5.41) is 8.43. The van der Waals surface area contributed by atoms with E-state index in [0.29, 0.717) is 12.5 Å². The molecule has 53 heavy (non-hydrogen) atoms. The SMILES string of the molecule is CC(C)[C@@H]1COC(c2ccc[c-]2[PH+](c2ccccc2)c2ccccc2)=N1.[Cl][Ru][Cl].c1cc[cH-]c1.c1ccc([PH+](c2ccccc2)c2ccccc2)cc1. The summed E-state index contributed by atoms with van der Waals surface area (Å²) in [6, 6.07) is 70.9. The van der Waals surface area contributed by atoms with Crippen LogP contribution in [0.15, 0.2) is 205 Å². The van der Waals surface area contributed by atoms with Crippen molar-refractivity contribution in [2.45, 2.75) is 19.9 Å². The third-order valence-corrected chi connectivity index (χ3v) is 14.2. The predicted octanol–water partition coefficient (Wildman–Crippen LogP) is 9.66. The molecular formula is C46H45Cl2NOP2Ru. The normalized spacial score (nSPS) is 13.2. The van der Waals surface area contributed by atoms with Gasteiger partial charge in [0.2, 0.25) is 0 Å². The van der Waals surface area contributed by atoms with Crippen LogP contribution in [0.25, 0.3) is 0 Å². The molecule has 0 fully saturated rings. The van der Waals surface area contributed by atoms with Gasteiger partial charge >= 0.3 is 34.5 Å². The molecular weight excluding hydrogens is 816 g/mol. The van der Waals surface area contributed by atoms with Gasteiger partial charge in [0, 0.05) is 5.30 Å². The Morgan fingerprint density at radius 1 is 0.604 bits per heavy atom. The van der Waals surface area contributed by atoms with E-state index < -0.39 is 15.8 Å². The van der Waals surface area contributed by atoms with E-state index in [2.05, 4.69) is 184 Å². The van der Waals surface area contributed by atoms with Gasteiger partial charge in [-0.15, -0.1) is 6.07 Å². The molecule has 0 N–H and O–H groups in total. The molecule has 2 nitrogen and oxygen atoms in total. The van der Waals surface area contributed by atoms with E-state index in [0.717, 1.165) is 11.5 Å². The second-order valence-corrected chi connectivity index (χ2v) is 20.1. The van der Waals surface area contributed by atoms with E-state index in [9.17, 15) is 0 Å². The van der Waals surface area contributed by atoms with Crippen LogP contribution in [0.5, 0.6) is 0 Å². The van der Waals surface area contributed by atoms with E-state index in [4.69, 9.17) is 29.1 Å². The summed E-state index contributed by atoms with van der Waals surface area (Å²) in [7, 11) is 7.73. The largest absolute Gasteiger partial charge is 0.214 e. The minimum atomic E-state index is -1.10. The van der Waals surface area contributed by atoms with Gasteiger partial charge in [-0.3, -0.25) is 4.99 Å². The van der Waals surface area contributed by atoms with Crippen LogP contribution < -0.4 is 31.8 Å². The molecule has 7 aromatic carbocycles. The van der Waals surface area contributed by atoms with Crippen LogP contribution in [0.2, 0.25) is 0 Å². The third kappa shape index (κ3) is 12.2. The number of ether oxygens (including phenoxy) is 1. The van der Waals surface area contributed by atoms with Gasteiger partial charge in [-0.2, -0.15) is 30.3 Å². The van der Waals surface area contributed by atoms with Crippen LogP contribution >= 0.6 is 35.2 Å². The molecule has 272 valence electrons. The van der Waals surface area contributed by atoms with Crippen LogP contribution in [0.1, 0.15) is 19.4 Å². The summed E-state index contributed by atoms with van der Waals surface area (Å²) in [6.45, 7) is 5.10. The Morgan fingerprint density at radius 2 is 1.00 bits per heavy atom. The van der Waals surface area contributed by atoms with Crippen LogP contribution in [0.3, 0.4) is 0 Å². The van der Waals surface area contributed by atoms with E-state index in [1.807, 2.05) is 30.3 Å². The van der Waals surface area contributed by atoms with Crippen molar-refractivity contribution in [3.8, 4) is 0 Å². The van der Waals surface area contributed by atoms with Crippen LogP contribution in [-0.2, 0) is 19.9 Å². The number of nitrogens with zero attached hydrogens (tertiary/aromatic N) is 1. The first-order valence-corrected chi connectivity index (χ1v) is 25.1. The quantitative estimate of drug-likeness (QED) is 0.0848. The first-order chi connectivity index (χ1) is 26.1. The molecule has 0 spiro atoms. The second kappa shape index (κ2) is 22.5. The molecule has 0 saturated carbocycles. The van der Waals surface area contributed by atoms with E-state index >= 15 is 0 Å². The van der Waals surface area contributed by atoms with Crippen molar-refractivity contribution in [1.29, 1.82) is 0 Å². The Morgan fingerprint density at radius 3 is 1.34 bits per heavy atom. The van der Waals surface area contributed by atoms with Gasteiger partial charge < -0.3 is 4.74 Å². The van der Waals surface area contributed by atoms with Crippen molar-refractivity contribution in [1.82, 2.24) is 0 Å². The molecule has 1 aliphatic heterocycles. The van der Waals surface area contributed by atoms with Gasteiger partial charge in [0.15, 0.2) is 0 Å². The third-order valence-electron chi connectivity index (χ3n) is 8.63. The van der Waals surface area contributed by atoms with E-state index in [-0.39, 0.29) is 21.2 Å². The molecule has 0 saturated heterocycles. The molecule has 0 unspecified atom stereocenters.